The van der Waals surface area contributed by atoms with Crippen molar-refractivity contribution in [1.29, 1.82) is 0 Å². The van der Waals surface area contributed by atoms with Crippen LogP contribution in [0.25, 0.3) is 11.1 Å². The number of esters is 1. The predicted octanol–water partition coefficient (Wildman–Crippen LogP) is 6.36. The number of hydrogen-bond donors (Lipinski definition) is 1. The van der Waals surface area contributed by atoms with Crippen LogP contribution in [-0.2, 0) is 32.1 Å². The molecule has 1 aliphatic heterocycles. The topological polar surface area (TPSA) is 137 Å². The fourth-order valence-corrected chi connectivity index (χ4v) is 4.93. The van der Waals surface area contributed by atoms with Crippen LogP contribution in [-0.4, -0.2) is 46.7 Å². The molecule has 1 unspecified atom stereocenters. The summed E-state index contributed by atoms with van der Waals surface area (Å²) in [6.45, 7) is 10.7. The Bertz CT molecular complexity index is 1540. The molecule has 1 aliphatic rings. The highest BCUT2D eigenvalue weighted by molar-refractivity contribution is 6.02. The molecule has 2 amide bonds. The average Bonchev–Trinajstić information content (AvgIpc) is 3.37. The molecule has 0 bridgehead atoms. The van der Waals surface area contributed by atoms with Crippen molar-refractivity contribution in [3.8, 4) is 16.9 Å². The Hall–Kier alpha value is -4.93. The zero-order chi connectivity index (χ0) is 32.9. The van der Waals surface area contributed by atoms with Gasteiger partial charge in [0.15, 0.2) is 0 Å². The zero-order valence-corrected chi connectivity index (χ0v) is 26.4. The summed E-state index contributed by atoms with van der Waals surface area (Å²) in [5.41, 5.74) is 1.83. The first-order chi connectivity index (χ1) is 21.1. The minimum absolute atomic E-state index is 0.00802. The summed E-state index contributed by atoms with van der Waals surface area (Å²) in [6, 6.07) is 18.3. The molecule has 0 aliphatic carbocycles. The summed E-state index contributed by atoms with van der Waals surface area (Å²) >= 11 is 0. The molecule has 0 saturated heterocycles. The number of hydrogen-bond acceptors (Lipinski definition) is 8. The largest absolute Gasteiger partial charge is 0.489 e. The van der Waals surface area contributed by atoms with Crippen molar-refractivity contribution in [2.24, 2.45) is 0 Å². The van der Waals surface area contributed by atoms with E-state index in [0.717, 1.165) is 11.1 Å². The summed E-state index contributed by atoms with van der Waals surface area (Å²) in [7, 11) is 0. The molecule has 0 aromatic heterocycles. The Morgan fingerprint density at radius 2 is 1.62 bits per heavy atom. The molecule has 4 rings (SSSR count). The average molecular weight is 618 g/mol. The van der Waals surface area contributed by atoms with Crippen molar-refractivity contribution in [3.05, 3.63) is 88.0 Å². The van der Waals surface area contributed by atoms with Gasteiger partial charge in [-0.25, -0.2) is 4.79 Å². The molecule has 3 aromatic carbocycles. The van der Waals surface area contributed by atoms with E-state index in [-0.39, 0.29) is 18.7 Å². The molecule has 45 heavy (non-hydrogen) atoms. The van der Waals surface area contributed by atoms with Crippen molar-refractivity contribution in [2.75, 3.05) is 11.4 Å². The van der Waals surface area contributed by atoms with Gasteiger partial charge < -0.3 is 24.4 Å². The van der Waals surface area contributed by atoms with Crippen molar-refractivity contribution in [3.63, 3.8) is 0 Å². The van der Waals surface area contributed by atoms with E-state index in [1.165, 1.54) is 11.0 Å². The second-order valence-electron chi connectivity index (χ2n) is 12.8. The number of alkyl carbamates (subject to hydrolysis) is 1. The number of amides is 2. The highest BCUT2D eigenvalue weighted by atomic mass is 16.6. The van der Waals surface area contributed by atoms with E-state index in [0.29, 0.717) is 35.5 Å². The highest BCUT2D eigenvalue weighted by Gasteiger charge is 2.35. The van der Waals surface area contributed by atoms with Gasteiger partial charge >= 0.3 is 12.1 Å². The van der Waals surface area contributed by atoms with E-state index in [2.05, 4.69) is 5.32 Å². The summed E-state index contributed by atoms with van der Waals surface area (Å²) in [5, 5.41) is 14.3. The maximum Gasteiger partial charge on any atom is 0.408 e. The van der Waals surface area contributed by atoms with Gasteiger partial charge in [0.25, 0.3) is 5.69 Å². The number of nitro benzene ring substituents is 1. The summed E-state index contributed by atoms with van der Waals surface area (Å²) in [4.78, 5) is 51.8. The number of ether oxygens (including phenoxy) is 3. The maximum atomic E-state index is 13.7. The molecule has 3 aromatic rings. The van der Waals surface area contributed by atoms with Crippen molar-refractivity contribution >= 4 is 29.3 Å². The van der Waals surface area contributed by atoms with E-state index < -0.39 is 40.1 Å². The first-order valence-electron chi connectivity index (χ1n) is 14.7. The third-order valence-corrected chi connectivity index (χ3v) is 6.74. The van der Waals surface area contributed by atoms with Crippen LogP contribution in [0.15, 0.2) is 66.7 Å². The Kier molecular flexibility index (Phi) is 9.80. The molecule has 1 heterocycles. The molecule has 0 radical (unpaired) electrons. The molecule has 0 saturated carbocycles. The molecule has 1 atom stereocenters. The van der Waals surface area contributed by atoms with Crippen LogP contribution in [0.1, 0.15) is 59.1 Å². The molecule has 1 N–H and O–H groups in total. The first kappa shape index (κ1) is 33.0. The van der Waals surface area contributed by atoms with Crippen molar-refractivity contribution in [2.45, 2.75) is 78.2 Å². The number of carbonyl (C=O) groups is 3. The van der Waals surface area contributed by atoms with E-state index >= 15 is 0 Å². The van der Waals surface area contributed by atoms with E-state index in [4.69, 9.17) is 14.2 Å². The van der Waals surface area contributed by atoms with Gasteiger partial charge in [0.05, 0.1) is 16.9 Å². The SMILES string of the molecule is CC(C)(C)OC(=O)CC(NC(=O)OC(C)(C)C)C(=O)N1CCc2cc(OCc3ccc(-c4ccccc4)c([N+](=O)[O-])c3)ccc21. The number of benzene rings is 3. The predicted molar refractivity (Wildman–Crippen MR) is 169 cm³/mol. The van der Waals surface area contributed by atoms with Gasteiger partial charge in [0, 0.05) is 18.3 Å². The quantitative estimate of drug-likeness (QED) is 0.166. The van der Waals surface area contributed by atoms with Crippen molar-refractivity contribution in [1.82, 2.24) is 5.32 Å². The number of carbonyl (C=O) groups excluding carboxylic acids is 3. The van der Waals surface area contributed by atoms with Crippen LogP contribution >= 0.6 is 0 Å². The van der Waals surface area contributed by atoms with Gasteiger partial charge in [0.1, 0.15) is 29.6 Å². The second kappa shape index (κ2) is 13.4. The van der Waals surface area contributed by atoms with E-state index in [1.807, 2.05) is 36.4 Å². The van der Waals surface area contributed by atoms with Crippen LogP contribution in [0.4, 0.5) is 16.2 Å². The smallest absolute Gasteiger partial charge is 0.408 e. The highest BCUT2D eigenvalue weighted by Crippen LogP contribution is 2.34. The van der Waals surface area contributed by atoms with E-state index in [9.17, 15) is 24.5 Å². The fourth-order valence-electron chi connectivity index (χ4n) is 4.93. The summed E-state index contributed by atoms with van der Waals surface area (Å²) in [5.74, 6) is -0.558. The Morgan fingerprint density at radius 1 is 0.933 bits per heavy atom. The van der Waals surface area contributed by atoms with Crippen LogP contribution in [0.3, 0.4) is 0 Å². The van der Waals surface area contributed by atoms with Gasteiger partial charge in [-0.2, -0.15) is 0 Å². The minimum atomic E-state index is -1.20. The Balaban J connectivity index is 1.48. The lowest BCUT2D eigenvalue weighted by molar-refractivity contribution is -0.384. The van der Waals surface area contributed by atoms with Crippen molar-refractivity contribution < 1.29 is 33.5 Å². The molecule has 0 spiro atoms. The van der Waals surface area contributed by atoms with Gasteiger partial charge in [0.2, 0.25) is 5.91 Å². The standard InChI is InChI=1S/C34H39N3O8/c1-33(2,3)44-30(38)20-27(35-32(40)45-34(4,5)6)31(39)36-17-16-24-19-25(13-15-28(24)36)43-21-22-12-14-26(29(18-22)37(41)42)23-10-8-7-9-11-23/h7-15,18-19,27H,16-17,20-21H2,1-6H3,(H,35,40). The van der Waals surface area contributed by atoms with Crippen LogP contribution in [0.2, 0.25) is 0 Å². The third-order valence-electron chi connectivity index (χ3n) is 6.74. The maximum absolute atomic E-state index is 13.7. The minimum Gasteiger partial charge on any atom is -0.489 e. The summed E-state index contributed by atoms with van der Waals surface area (Å²) < 4.78 is 16.7. The van der Waals surface area contributed by atoms with Crippen LogP contribution < -0.4 is 15.0 Å². The van der Waals surface area contributed by atoms with Crippen LogP contribution in [0.5, 0.6) is 5.75 Å². The lowest BCUT2D eigenvalue weighted by atomic mass is 10.0. The third kappa shape index (κ3) is 9.04. The first-order valence-corrected chi connectivity index (χ1v) is 14.7. The number of anilines is 1. The number of rotatable bonds is 9. The van der Waals surface area contributed by atoms with Gasteiger partial charge in [-0.15, -0.1) is 0 Å². The zero-order valence-electron chi connectivity index (χ0n) is 26.4. The number of fused-ring (bicyclic) bond motifs is 1. The molecule has 11 heteroatoms. The molecular formula is C34H39N3O8. The van der Waals surface area contributed by atoms with Gasteiger partial charge in [-0.3, -0.25) is 19.7 Å². The lowest BCUT2D eigenvalue weighted by Gasteiger charge is -2.27. The van der Waals surface area contributed by atoms with E-state index in [1.54, 1.807) is 65.8 Å². The molecule has 11 nitrogen and oxygen atoms in total. The Labute approximate surface area is 262 Å². The number of nitrogens with one attached hydrogen (secondary N) is 1. The number of nitro groups is 1. The second-order valence-corrected chi connectivity index (χ2v) is 12.8. The van der Waals surface area contributed by atoms with Crippen LogP contribution in [0, 0.1) is 10.1 Å². The van der Waals surface area contributed by atoms with Gasteiger partial charge in [-0.05, 0) is 88.9 Å². The molecular weight excluding hydrogens is 578 g/mol. The summed E-state index contributed by atoms with van der Waals surface area (Å²) in [6.07, 6.45) is -0.650. The molecule has 238 valence electrons. The fraction of sp³-hybridized carbons (Fsp3) is 0.382. The monoisotopic (exact) mass is 617 g/mol. The lowest BCUT2D eigenvalue weighted by Crippen LogP contribution is -2.50. The van der Waals surface area contributed by atoms with Gasteiger partial charge in [-0.1, -0.05) is 36.4 Å². The normalized spacial score (nSPS) is 13.4. The number of nitrogens with zero attached hydrogens (tertiary/aromatic N) is 2. The molecule has 0 fully saturated rings. The Morgan fingerprint density at radius 3 is 2.27 bits per heavy atom.